The van der Waals surface area contributed by atoms with Crippen LogP contribution in [0.25, 0.3) is 0 Å². The predicted molar refractivity (Wildman–Crippen MR) is 97.5 cm³/mol. The molecule has 1 fully saturated rings. The van der Waals surface area contributed by atoms with Crippen molar-refractivity contribution in [3.63, 3.8) is 0 Å². The summed E-state index contributed by atoms with van der Waals surface area (Å²) in [7, 11) is 0. The summed E-state index contributed by atoms with van der Waals surface area (Å²) in [6.07, 6.45) is -4.65. The Morgan fingerprint density at radius 2 is 1.75 bits per heavy atom. The first-order valence-electron chi connectivity index (χ1n) is 8.19. The molecule has 2 N–H and O–H groups in total. The second-order valence-corrected chi connectivity index (χ2v) is 6.49. The number of carbonyl (C=O) groups is 2. The van der Waals surface area contributed by atoms with Crippen molar-refractivity contribution < 1.29 is 27.5 Å². The van der Waals surface area contributed by atoms with E-state index in [4.69, 9.17) is 11.6 Å². The fourth-order valence-corrected chi connectivity index (χ4v) is 2.89. The molecule has 0 radical (unpaired) electrons. The largest absolute Gasteiger partial charge is 0.573 e. The maximum absolute atomic E-state index is 12.2. The number of anilines is 2. The molecular weight excluding hydrogens is 399 g/mol. The first-order valence-corrected chi connectivity index (χ1v) is 8.57. The first kappa shape index (κ1) is 19.8. The molecule has 3 amide bonds. The molecule has 28 heavy (non-hydrogen) atoms. The molecule has 1 aliphatic heterocycles. The van der Waals surface area contributed by atoms with E-state index in [1.54, 1.807) is 29.2 Å². The highest BCUT2D eigenvalue weighted by Gasteiger charge is 2.32. The average molecular weight is 414 g/mol. The molecule has 2 aromatic rings. The summed E-state index contributed by atoms with van der Waals surface area (Å²) in [6, 6.07) is 10.5. The molecule has 0 saturated carbocycles. The van der Waals surface area contributed by atoms with Crippen molar-refractivity contribution in [2.24, 2.45) is 0 Å². The van der Waals surface area contributed by atoms with Crippen molar-refractivity contribution in [1.82, 2.24) is 5.32 Å². The molecule has 0 unspecified atom stereocenters. The van der Waals surface area contributed by atoms with Gasteiger partial charge in [-0.25, -0.2) is 4.79 Å². The van der Waals surface area contributed by atoms with Crippen LogP contribution in [-0.4, -0.2) is 30.9 Å². The molecule has 1 heterocycles. The maximum Gasteiger partial charge on any atom is 0.573 e. The topological polar surface area (TPSA) is 70.7 Å². The third kappa shape index (κ3) is 5.29. The van der Waals surface area contributed by atoms with Gasteiger partial charge in [-0.3, -0.25) is 4.79 Å². The van der Waals surface area contributed by atoms with Crippen molar-refractivity contribution in [3.05, 3.63) is 53.6 Å². The Labute approximate surface area is 163 Å². The Bertz CT molecular complexity index is 857. The van der Waals surface area contributed by atoms with Crippen LogP contribution >= 0.6 is 11.6 Å². The van der Waals surface area contributed by atoms with Crippen LogP contribution in [0, 0.1) is 0 Å². The zero-order valence-electron chi connectivity index (χ0n) is 14.3. The van der Waals surface area contributed by atoms with E-state index in [2.05, 4.69) is 15.4 Å². The van der Waals surface area contributed by atoms with Gasteiger partial charge in [-0.05, 0) is 48.5 Å². The summed E-state index contributed by atoms with van der Waals surface area (Å²) >= 11 is 5.84. The molecule has 2 aromatic carbocycles. The van der Waals surface area contributed by atoms with Crippen LogP contribution in [-0.2, 0) is 4.79 Å². The van der Waals surface area contributed by atoms with Gasteiger partial charge in [0, 0.05) is 29.4 Å². The average Bonchev–Trinajstić information content (AvgIpc) is 2.96. The molecule has 1 aliphatic rings. The minimum atomic E-state index is -4.78. The van der Waals surface area contributed by atoms with Gasteiger partial charge in [0.2, 0.25) is 5.91 Å². The molecule has 0 spiro atoms. The Kier molecular flexibility index (Phi) is 5.64. The lowest BCUT2D eigenvalue weighted by atomic mass is 10.2. The summed E-state index contributed by atoms with van der Waals surface area (Å²) in [6.45, 7) is 0.298. The number of nitrogens with one attached hydrogen (secondary N) is 2. The van der Waals surface area contributed by atoms with E-state index in [-0.39, 0.29) is 18.0 Å². The molecule has 0 aromatic heterocycles. The van der Waals surface area contributed by atoms with E-state index >= 15 is 0 Å². The van der Waals surface area contributed by atoms with Crippen LogP contribution in [0.15, 0.2) is 48.5 Å². The van der Waals surface area contributed by atoms with E-state index in [1.807, 2.05) is 0 Å². The van der Waals surface area contributed by atoms with Gasteiger partial charge in [0.1, 0.15) is 5.75 Å². The third-order valence-electron chi connectivity index (χ3n) is 3.94. The van der Waals surface area contributed by atoms with Crippen LogP contribution in [0.3, 0.4) is 0 Å². The van der Waals surface area contributed by atoms with Crippen LogP contribution in [0.4, 0.5) is 29.3 Å². The Morgan fingerprint density at radius 1 is 1.11 bits per heavy atom. The number of nitrogens with zero attached hydrogens (tertiary/aromatic N) is 1. The number of halogens is 4. The lowest BCUT2D eigenvalue weighted by Crippen LogP contribution is -2.39. The number of amides is 3. The zero-order valence-corrected chi connectivity index (χ0v) is 15.1. The molecule has 148 valence electrons. The number of alkyl halides is 3. The fraction of sp³-hybridized carbons (Fsp3) is 0.222. The second kappa shape index (κ2) is 7.97. The molecule has 0 bridgehead atoms. The number of benzene rings is 2. The normalized spacial score (nSPS) is 16.8. The summed E-state index contributed by atoms with van der Waals surface area (Å²) in [5, 5.41) is 5.73. The van der Waals surface area contributed by atoms with Crippen LogP contribution in [0.2, 0.25) is 5.02 Å². The van der Waals surface area contributed by atoms with E-state index < -0.39 is 24.2 Å². The molecular formula is C18H15ClF3N3O3. The summed E-state index contributed by atoms with van der Waals surface area (Å²) in [4.78, 5) is 25.8. The number of hydrogen-bond donors (Lipinski definition) is 2. The lowest BCUT2D eigenvalue weighted by Gasteiger charge is -2.17. The molecule has 1 saturated heterocycles. The quantitative estimate of drug-likeness (QED) is 0.790. The van der Waals surface area contributed by atoms with E-state index in [9.17, 15) is 22.8 Å². The third-order valence-corrected chi connectivity index (χ3v) is 4.20. The number of carbonyl (C=O) groups excluding carboxylic acids is 2. The number of ether oxygens (including phenoxy) is 1. The highest BCUT2D eigenvalue weighted by molar-refractivity contribution is 6.30. The van der Waals surface area contributed by atoms with Gasteiger partial charge >= 0.3 is 12.4 Å². The smallest absolute Gasteiger partial charge is 0.406 e. The van der Waals surface area contributed by atoms with Gasteiger partial charge in [-0.15, -0.1) is 13.2 Å². The lowest BCUT2D eigenvalue weighted by molar-refractivity contribution is -0.274. The van der Waals surface area contributed by atoms with Gasteiger partial charge < -0.3 is 20.3 Å². The Hall–Kier alpha value is -2.94. The summed E-state index contributed by atoms with van der Waals surface area (Å²) < 4.78 is 40.2. The molecule has 1 atom stereocenters. The highest BCUT2D eigenvalue weighted by atomic mass is 35.5. The minimum absolute atomic E-state index is 0.133. The molecule has 10 heteroatoms. The SMILES string of the molecule is O=C(Nc1ccc(OC(F)(F)F)cc1)N[C@@H]1CC(=O)N(c2ccc(Cl)cc2)C1. The predicted octanol–water partition coefficient (Wildman–Crippen LogP) is 4.17. The molecule has 3 rings (SSSR count). The maximum atomic E-state index is 12.2. The van der Waals surface area contributed by atoms with Gasteiger partial charge in [0.25, 0.3) is 0 Å². The summed E-state index contributed by atoms with van der Waals surface area (Å²) in [5.74, 6) is -0.528. The minimum Gasteiger partial charge on any atom is -0.406 e. The van der Waals surface area contributed by atoms with Crippen molar-refractivity contribution >= 4 is 34.9 Å². The second-order valence-electron chi connectivity index (χ2n) is 6.05. The fourth-order valence-electron chi connectivity index (χ4n) is 2.77. The van der Waals surface area contributed by atoms with Gasteiger partial charge in [-0.2, -0.15) is 0 Å². The van der Waals surface area contributed by atoms with Crippen molar-refractivity contribution in [2.45, 2.75) is 18.8 Å². The van der Waals surface area contributed by atoms with Crippen molar-refractivity contribution in [2.75, 3.05) is 16.8 Å². The first-order chi connectivity index (χ1) is 13.2. The monoisotopic (exact) mass is 413 g/mol. The number of urea groups is 1. The van der Waals surface area contributed by atoms with Gasteiger partial charge in [0.05, 0.1) is 6.04 Å². The van der Waals surface area contributed by atoms with E-state index in [1.165, 1.54) is 12.1 Å². The molecule has 0 aliphatic carbocycles. The van der Waals surface area contributed by atoms with Crippen LogP contribution in [0.5, 0.6) is 5.75 Å². The van der Waals surface area contributed by atoms with Crippen molar-refractivity contribution in [3.8, 4) is 5.75 Å². The van der Waals surface area contributed by atoms with Gasteiger partial charge in [-0.1, -0.05) is 11.6 Å². The van der Waals surface area contributed by atoms with E-state index in [0.29, 0.717) is 17.3 Å². The standard InChI is InChI=1S/C18H15ClF3N3O3/c19-11-1-5-14(6-2-11)25-10-13(9-16(25)26)24-17(27)23-12-3-7-15(8-4-12)28-18(20,21)22/h1-8,13H,9-10H2,(H2,23,24,27)/t13-/m1/s1. The zero-order chi connectivity index (χ0) is 20.3. The summed E-state index contributed by atoms with van der Waals surface area (Å²) in [5.41, 5.74) is 0.963. The van der Waals surface area contributed by atoms with Crippen molar-refractivity contribution in [1.29, 1.82) is 0 Å². The molecule has 6 nitrogen and oxygen atoms in total. The van der Waals surface area contributed by atoms with E-state index in [0.717, 1.165) is 12.1 Å². The number of rotatable bonds is 4. The van der Waals surface area contributed by atoms with Gasteiger partial charge in [0.15, 0.2) is 0 Å². The Balaban J connectivity index is 1.54. The highest BCUT2D eigenvalue weighted by Crippen LogP contribution is 2.25. The van der Waals surface area contributed by atoms with Crippen LogP contribution < -0.4 is 20.3 Å². The Morgan fingerprint density at radius 3 is 2.36 bits per heavy atom. The van der Waals surface area contributed by atoms with Crippen LogP contribution in [0.1, 0.15) is 6.42 Å². The number of hydrogen-bond acceptors (Lipinski definition) is 3.